The minimum absolute atomic E-state index is 0.00705. The molecule has 3 rings (SSSR count). The second kappa shape index (κ2) is 9.32. The van der Waals surface area contributed by atoms with Gasteiger partial charge in [0, 0.05) is 44.2 Å². The highest BCUT2D eigenvalue weighted by Gasteiger charge is 2.22. The summed E-state index contributed by atoms with van der Waals surface area (Å²) in [5.41, 5.74) is 2.65. The van der Waals surface area contributed by atoms with Crippen LogP contribution in [0.5, 0.6) is 5.75 Å². The number of amides is 3. The maximum absolute atomic E-state index is 13.1. The van der Waals surface area contributed by atoms with E-state index in [0.717, 1.165) is 43.8 Å². The van der Waals surface area contributed by atoms with Crippen molar-refractivity contribution >= 4 is 29.0 Å². The van der Waals surface area contributed by atoms with E-state index in [-0.39, 0.29) is 11.9 Å². The van der Waals surface area contributed by atoms with Crippen LogP contribution in [0.3, 0.4) is 0 Å². The van der Waals surface area contributed by atoms with Gasteiger partial charge < -0.3 is 25.2 Å². The average molecular weight is 396 g/mol. The number of hydrogen-bond donors (Lipinski definition) is 2. The van der Waals surface area contributed by atoms with Crippen LogP contribution >= 0.6 is 0 Å². The summed E-state index contributed by atoms with van der Waals surface area (Å²) < 4.78 is 5.12. The van der Waals surface area contributed by atoms with Crippen LogP contribution in [0, 0.1) is 0 Å². The molecule has 0 saturated carbocycles. The molecule has 0 aromatic heterocycles. The maximum Gasteiger partial charge on any atom is 0.323 e. The second-order valence-electron chi connectivity index (χ2n) is 7.29. The molecule has 0 aliphatic carbocycles. The second-order valence-corrected chi connectivity index (χ2v) is 7.29. The number of nitrogens with zero attached hydrogens (tertiary/aromatic N) is 2. The average Bonchev–Trinajstić information content (AvgIpc) is 2.74. The molecule has 1 aliphatic heterocycles. The van der Waals surface area contributed by atoms with Crippen LogP contribution in [0.1, 0.15) is 29.6 Å². The van der Waals surface area contributed by atoms with Gasteiger partial charge in [0.2, 0.25) is 0 Å². The number of ether oxygens (including phenoxy) is 1. The van der Waals surface area contributed by atoms with Crippen molar-refractivity contribution in [2.24, 2.45) is 0 Å². The number of carbonyl (C=O) groups is 2. The highest BCUT2D eigenvalue weighted by Crippen LogP contribution is 2.26. The highest BCUT2D eigenvalue weighted by molar-refractivity contribution is 6.04. The van der Waals surface area contributed by atoms with Gasteiger partial charge in [-0.15, -0.1) is 0 Å². The molecule has 0 atom stereocenters. The quantitative estimate of drug-likeness (QED) is 0.800. The molecule has 0 bridgehead atoms. The Morgan fingerprint density at radius 3 is 2.17 bits per heavy atom. The monoisotopic (exact) mass is 396 g/mol. The van der Waals surface area contributed by atoms with Crippen LogP contribution in [0.25, 0.3) is 0 Å². The summed E-state index contributed by atoms with van der Waals surface area (Å²) in [7, 11) is 5.41. The Labute approximate surface area is 171 Å². The van der Waals surface area contributed by atoms with Crippen LogP contribution in [0.15, 0.2) is 42.5 Å². The Morgan fingerprint density at radius 1 is 0.931 bits per heavy atom. The first-order valence-corrected chi connectivity index (χ1v) is 9.80. The third-order valence-corrected chi connectivity index (χ3v) is 4.96. The molecule has 2 N–H and O–H groups in total. The number of methoxy groups -OCH3 is 1. The van der Waals surface area contributed by atoms with Gasteiger partial charge >= 0.3 is 6.03 Å². The van der Waals surface area contributed by atoms with E-state index in [1.165, 1.54) is 0 Å². The van der Waals surface area contributed by atoms with E-state index in [9.17, 15) is 9.59 Å². The normalized spacial score (nSPS) is 13.6. The lowest BCUT2D eigenvalue weighted by Gasteiger charge is -2.28. The van der Waals surface area contributed by atoms with Gasteiger partial charge in [0.1, 0.15) is 5.75 Å². The number of anilines is 3. The lowest BCUT2D eigenvalue weighted by Crippen LogP contribution is -2.36. The molecule has 3 amide bonds. The Hall–Kier alpha value is -3.22. The third kappa shape index (κ3) is 5.19. The standard InChI is InChI=1S/C22H28N4O3/c1-25(2)20-12-9-17(15-19(20)21(27)26-13-5-4-6-14-26)24-22(28)23-16-7-10-18(29-3)11-8-16/h7-12,15H,4-6,13-14H2,1-3H3,(H2,23,24,28). The van der Waals surface area contributed by atoms with Crippen LogP contribution in [-0.2, 0) is 0 Å². The molecule has 1 fully saturated rings. The molecule has 1 aliphatic rings. The Kier molecular flexibility index (Phi) is 6.59. The van der Waals surface area contributed by atoms with E-state index in [2.05, 4.69) is 10.6 Å². The number of hydrogen-bond acceptors (Lipinski definition) is 4. The summed E-state index contributed by atoms with van der Waals surface area (Å²) >= 11 is 0. The van der Waals surface area contributed by atoms with E-state index < -0.39 is 0 Å². The molecule has 0 spiro atoms. The first kappa shape index (κ1) is 20.5. The molecule has 0 unspecified atom stereocenters. The summed E-state index contributed by atoms with van der Waals surface area (Å²) in [5, 5.41) is 5.59. The topological polar surface area (TPSA) is 73.9 Å². The molecule has 154 valence electrons. The van der Waals surface area contributed by atoms with Gasteiger partial charge in [-0.1, -0.05) is 0 Å². The predicted molar refractivity (Wildman–Crippen MR) is 116 cm³/mol. The van der Waals surface area contributed by atoms with Crippen molar-refractivity contribution in [3.63, 3.8) is 0 Å². The first-order chi connectivity index (χ1) is 14.0. The summed E-state index contributed by atoms with van der Waals surface area (Å²) in [4.78, 5) is 29.3. The van der Waals surface area contributed by atoms with E-state index >= 15 is 0 Å². The van der Waals surface area contributed by atoms with E-state index in [1.54, 1.807) is 43.5 Å². The number of rotatable bonds is 5. The number of carbonyl (C=O) groups excluding carboxylic acids is 2. The lowest BCUT2D eigenvalue weighted by molar-refractivity contribution is 0.0725. The lowest BCUT2D eigenvalue weighted by atomic mass is 10.1. The molecular formula is C22H28N4O3. The largest absolute Gasteiger partial charge is 0.497 e. The van der Waals surface area contributed by atoms with Crippen LogP contribution in [0.2, 0.25) is 0 Å². The molecule has 1 saturated heterocycles. The SMILES string of the molecule is COc1ccc(NC(=O)Nc2ccc(N(C)C)c(C(=O)N3CCCCC3)c2)cc1. The van der Waals surface area contributed by atoms with Crippen molar-refractivity contribution in [2.75, 3.05) is 49.8 Å². The number of nitrogens with one attached hydrogen (secondary N) is 2. The molecule has 1 heterocycles. The minimum Gasteiger partial charge on any atom is -0.497 e. The van der Waals surface area contributed by atoms with Gasteiger partial charge in [-0.05, 0) is 61.7 Å². The molecule has 29 heavy (non-hydrogen) atoms. The van der Waals surface area contributed by atoms with Gasteiger partial charge in [-0.3, -0.25) is 4.79 Å². The smallest absolute Gasteiger partial charge is 0.323 e. The van der Waals surface area contributed by atoms with Crippen molar-refractivity contribution in [1.29, 1.82) is 0 Å². The van der Waals surface area contributed by atoms with E-state index in [4.69, 9.17) is 4.74 Å². The summed E-state index contributed by atoms with van der Waals surface area (Å²) in [6.07, 6.45) is 3.23. The summed E-state index contributed by atoms with van der Waals surface area (Å²) in [6, 6.07) is 12.1. The van der Waals surface area contributed by atoms with Crippen molar-refractivity contribution < 1.29 is 14.3 Å². The van der Waals surface area contributed by atoms with Gasteiger partial charge in [0.05, 0.1) is 12.7 Å². The first-order valence-electron chi connectivity index (χ1n) is 9.80. The number of urea groups is 1. The molecule has 2 aromatic rings. The van der Waals surface area contributed by atoms with Crippen molar-refractivity contribution in [2.45, 2.75) is 19.3 Å². The Balaban J connectivity index is 1.74. The fourth-order valence-electron chi connectivity index (χ4n) is 3.41. The zero-order valence-corrected chi connectivity index (χ0v) is 17.2. The van der Waals surface area contributed by atoms with Gasteiger partial charge in [-0.2, -0.15) is 0 Å². The molecule has 0 radical (unpaired) electrons. The van der Waals surface area contributed by atoms with Crippen molar-refractivity contribution in [1.82, 2.24) is 4.90 Å². The summed E-state index contributed by atoms with van der Waals surface area (Å²) in [6.45, 7) is 1.56. The number of benzene rings is 2. The van der Waals surface area contributed by atoms with E-state index in [1.807, 2.05) is 30.0 Å². The molecular weight excluding hydrogens is 368 g/mol. The molecule has 2 aromatic carbocycles. The Bertz CT molecular complexity index is 859. The fourth-order valence-corrected chi connectivity index (χ4v) is 3.41. The third-order valence-electron chi connectivity index (χ3n) is 4.96. The van der Waals surface area contributed by atoms with Gasteiger partial charge in [0.15, 0.2) is 0 Å². The molecule has 7 heteroatoms. The number of piperidine rings is 1. The molecule has 7 nitrogen and oxygen atoms in total. The van der Waals surface area contributed by atoms with Crippen LogP contribution in [0.4, 0.5) is 21.9 Å². The minimum atomic E-state index is -0.371. The fraction of sp³-hybridized carbons (Fsp3) is 0.364. The maximum atomic E-state index is 13.1. The Morgan fingerprint density at radius 2 is 1.55 bits per heavy atom. The summed E-state index contributed by atoms with van der Waals surface area (Å²) in [5.74, 6) is 0.726. The zero-order chi connectivity index (χ0) is 20.8. The zero-order valence-electron chi connectivity index (χ0n) is 17.2. The van der Waals surface area contributed by atoms with Crippen LogP contribution in [-0.4, -0.2) is 51.1 Å². The number of likely N-dealkylation sites (tertiary alicyclic amines) is 1. The predicted octanol–water partition coefficient (Wildman–Crippen LogP) is 4.03. The van der Waals surface area contributed by atoms with Gasteiger partial charge in [0.25, 0.3) is 5.91 Å². The highest BCUT2D eigenvalue weighted by atomic mass is 16.5. The van der Waals surface area contributed by atoms with Crippen molar-refractivity contribution in [3.05, 3.63) is 48.0 Å². The van der Waals surface area contributed by atoms with Gasteiger partial charge in [-0.25, -0.2) is 4.79 Å². The van der Waals surface area contributed by atoms with Crippen molar-refractivity contribution in [3.8, 4) is 5.75 Å². The van der Waals surface area contributed by atoms with E-state index in [0.29, 0.717) is 16.9 Å². The van der Waals surface area contributed by atoms with Crippen LogP contribution < -0.4 is 20.3 Å².